The molecule has 0 saturated heterocycles. The highest BCUT2D eigenvalue weighted by atomic mass is 16.5. The summed E-state index contributed by atoms with van der Waals surface area (Å²) in [6.45, 7) is 1.63. The smallest absolute Gasteiger partial charge is 0.0586 e. The van der Waals surface area contributed by atoms with E-state index in [2.05, 4.69) is 36.2 Å². The summed E-state index contributed by atoms with van der Waals surface area (Å²) in [6.07, 6.45) is 5.39. The third-order valence-corrected chi connectivity index (χ3v) is 4.25. The van der Waals surface area contributed by atoms with E-state index in [0.29, 0.717) is 18.7 Å². The number of benzene rings is 1. The lowest BCUT2D eigenvalue weighted by atomic mass is 9.91. The van der Waals surface area contributed by atoms with E-state index < -0.39 is 0 Å². The maximum absolute atomic E-state index is 5.62. The standard InChI is InChI=1S/C16H26N2O/c1-18(15-4-3-5-16(10-15)19-2)12-14-8-6-13(11-17)7-9-14/h6-9,15-16H,3-5,10-12,17H2,1-2H3. The fraction of sp³-hybridized carbons (Fsp3) is 0.625. The minimum Gasteiger partial charge on any atom is -0.381 e. The van der Waals surface area contributed by atoms with Crippen LogP contribution in [0, 0.1) is 0 Å². The molecule has 2 rings (SSSR count). The number of rotatable bonds is 5. The molecule has 0 aliphatic heterocycles. The Morgan fingerprint density at radius 3 is 2.53 bits per heavy atom. The number of hydrogen-bond acceptors (Lipinski definition) is 3. The minimum absolute atomic E-state index is 0.445. The highest BCUT2D eigenvalue weighted by Gasteiger charge is 2.24. The number of ether oxygens (including phenoxy) is 1. The second-order valence-corrected chi connectivity index (χ2v) is 5.61. The summed E-state index contributed by atoms with van der Waals surface area (Å²) < 4.78 is 5.51. The third-order valence-electron chi connectivity index (χ3n) is 4.25. The Balaban J connectivity index is 1.90. The van der Waals surface area contributed by atoms with Crippen LogP contribution in [0.1, 0.15) is 36.8 Å². The molecule has 1 fully saturated rings. The van der Waals surface area contributed by atoms with Crippen LogP contribution in [-0.4, -0.2) is 31.2 Å². The van der Waals surface area contributed by atoms with Gasteiger partial charge in [0.1, 0.15) is 0 Å². The van der Waals surface area contributed by atoms with Crippen molar-refractivity contribution in [3.05, 3.63) is 35.4 Å². The second kappa shape index (κ2) is 7.04. The van der Waals surface area contributed by atoms with Gasteiger partial charge in [0, 0.05) is 26.2 Å². The Morgan fingerprint density at radius 2 is 1.89 bits per heavy atom. The molecule has 1 saturated carbocycles. The zero-order valence-corrected chi connectivity index (χ0v) is 12.1. The zero-order chi connectivity index (χ0) is 13.7. The molecule has 1 aromatic carbocycles. The Bertz CT molecular complexity index is 377. The number of methoxy groups -OCH3 is 1. The molecule has 106 valence electrons. The molecular weight excluding hydrogens is 236 g/mol. The SMILES string of the molecule is COC1CCCC(N(C)Cc2ccc(CN)cc2)C1. The molecule has 0 aromatic heterocycles. The lowest BCUT2D eigenvalue weighted by Crippen LogP contribution is -2.37. The summed E-state index contributed by atoms with van der Waals surface area (Å²) in [5.41, 5.74) is 8.18. The van der Waals surface area contributed by atoms with Gasteiger partial charge in [-0.3, -0.25) is 4.90 Å². The Hall–Kier alpha value is -0.900. The van der Waals surface area contributed by atoms with Gasteiger partial charge in [-0.1, -0.05) is 24.3 Å². The van der Waals surface area contributed by atoms with Crippen molar-refractivity contribution in [3.8, 4) is 0 Å². The highest BCUT2D eigenvalue weighted by molar-refractivity contribution is 5.22. The Labute approximate surface area is 116 Å². The molecule has 2 atom stereocenters. The number of hydrogen-bond donors (Lipinski definition) is 1. The summed E-state index contributed by atoms with van der Waals surface area (Å²) in [6, 6.07) is 9.28. The van der Waals surface area contributed by atoms with Gasteiger partial charge in [0.15, 0.2) is 0 Å². The molecular formula is C16H26N2O. The lowest BCUT2D eigenvalue weighted by Gasteiger charge is -2.34. The van der Waals surface area contributed by atoms with Crippen LogP contribution in [0.25, 0.3) is 0 Å². The van der Waals surface area contributed by atoms with Gasteiger partial charge in [-0.05, 0) is 43.9 Å². The molecule has 2 N–H and O–H groups in total. The van der Waals surface area contributed by atoms with Crippen molar-refractivity contribution in [1.29, 1.82) is 0 Å². The van der Waals surface area contributed by atoms with Crippen LogP contribution in [-0.2, 0) is 17.8 Å². The average molecular weight is 262 g/mol. The summed E-state index contributed by atoms with van der Waals surface area (Å²) in [7, 11) is 4.05. The van der Waals surface area contributed by atoms with Crippen LogP contribution in [0.15, 0.2) is 24.3 Å². The topological polar surface area (TPSA) is 38.5 Å². The van der Waals surface area contributed by atoms with E-state index in [1.807, 2.05) is 7.11 Å². The monoisotopic (exact) mass is 262 g/mol. The molecule has 2 unspecified atom stereocenters. The second-order valence-electron chi connectivity index (χ2n) is 5.61. The maximum atomic E-state index is 5.62. The van der Waals surface area contributed by atoms with E-state index >= 15 is 0 Å². The maximum Gasteiger partial charge on any atom is 0.0586 e. The molecule has 0 bridgehead atoms. The summed E-state index contributed by atoms with van der Waals surface area (Å²) in [5, 5.41) is 0. The number of nitrogens with zero attached hydrogens (tertiary/aromatic N) is 1. The molecule has 0 spiro atoms. The molecule has 0 radical (unpaired) electrons. The summed E-state index contributed by atoms with van der Waals surface area (Å²) >= 11 is 0. The van der Waals surface area contributed by atoms with E-state index in [0.717, 1.165) is 13.0 Å². The van der Waals surface area contributed by atoms with E-state index in [1.54, 1.807) is 0 Å². The van der Waals surface area contributed by atoms with Gasteiger partial charge in [-0.15, -0.1) is 0 Å². The number of nitrogens with two attached hydrogens (primary N) is 1. The van der Waals surface area contributed by atoms with E-state index in [-0.39, 0.29) is 0 Å². The van der Waals surface area contributed by atoms with Crippen molar-refractivity contribution < 1.29 is 4.74 Å². The third kappa shape index (κ3) is 4.03. The van der Waals surface area contributed by atoms with Crippen LogP contribution < -0.4 is 5.73 Å². The predicted octanol–water partition coefficient (Wildman–Crippen LogP) is 2.53. The van der Waals surface area contributed by atoms with Crippen LogP contribution in [0.3, 0.4) is 0 Å². The van der Waals surface area contributed by atoms with Gasteiger partial charge >= 0.3 is 0 Å². The Kier molecular flexibility index (Phi) is 5.37. The van der Waals surface area contributed by atoms with E-state index in [9.17, 15) is 0 Å². The van der Waals surface area contributed by atoms with Gasteiger partial charge in [-0.2, -0.15) is 0 Å². The van der Waals surface area contributed by atoms with Gasteiger partial charge < -0.3 is 10.5 Å². The van der Waals surface area contributed by atoms with Crippen molar-refractivity contribution in [2.75, 3.05) is 14.2 Å². The minimum atomic E-state index is 0.445. The lowest BCUT2D eigenvalue weighted by molar-refractivity contribution is 0.0328. The summed E-state index contributed by atoms with van der Waals surface area (Å²) in [4.78, 5) is 2.46. The quantitative estimate of drug-likeness (QED) is 0.886. The predicted molar refractivity (Wildman–Crippen MR) is 78.9 cm³/mol. The van der Waals surface area contributed by atoms with Gasteiger partial charge in [0.25, 0.3) is 0 Å². The van der Waals surface area contributed by atoms with Crippen LogP contribution in [0.2, 0.25) is 0 Å². The van der Waals surface area contributed by atoms with Crippen molar-refractivity contribution in [2.24, 2.45) is 5.73 Å². The molecule has 0 amide bonds. The Morgan fingerprint density at radius 1 is 1.21 bits per heavy atom. The van der Waals surface area contributed by atoms with Crippen molar-refractivity contribution in [1.82, 2.24) is 4.90 Å². The summed E-state index contributed by atoms with van der Waals surface area (Å²) in [5.74, 6) is 0. The molecule has 0 heterocycles. The molecule has 3 nitrogen and oxygen atoms in total. The van der Waals surface area contributed by atoms with E-state index in [1.165, 1.54) is 30.4 Å². The fourth-order valence-corrected chi connectivity index (χ4v) is 2.93. The first-order chi connectivity index (χ1) is 9.22. The van der Waals surface area contributed by atoms with Gasteiger partial charge in [-0.25, -0.2) is 0 Å². The fourth-order valence-electron chi connectivity index (χ4n) is 2.93. The molecule has 19 heavy (non-hydrogen) atoms. The molecule has 1 aliphatic carbocycles. The van der Waals surface area contributed by atoms with E-state index in [4.69, 9.17) is 10.5 Å². The molecule has 1 aliphatic rings. The van der Waals surface area contributed by atoms with Gasteiger partial charge in [0.2, 0.25) is 0 Å². The van der Waals surface area contributed by atoms with Crippen molar-refractivity contribution in [3.63, 3.8) is 0 Å². The first-order valence-electron chi connectivity index (χ1n) is 7.24. The zero-order valence-electron chi connectivity index (χ0n) is 12.1. The average Bonchev–Trinajstić information content (AvgIpc) is 2.48. The molecule has 1 aromatic rings. The first kappa shape index (κ1) is 14.5. The van der Waals surface area contributed by atoms with Crippen molar-refractivity contribution in [2.45, 2.75) is 50.9 Å². The van der Waals surface area contributed by atoms with Crippen molar-refractivity contribution >= 4 is 0 Å². The van der Waals surface area contributed by atoms with Crippen LogP contribution in [0.5, 0.6) is 0 Å². The highest BCUT2D eigenvalue weighted by Crippen LogP contribution is 2.25. The van der Waals surface area contributed by atoms with Crippen LogP contribution >= 0.6 is 0 Å². The van der Waals surface area contributed by atoms with Crippen LogP contribution in [0.4, 0.5) is 0 Å². The molecule has 3 heteroatoms. The normalized spacial score (nSPS) is 23.8. The largest absolute Gasteiger partial charge is 0.381 e. The van der Waals surface area contributed by atoms with Gasteiger partial charge in [0.05, 0.1) is 6.10 Å². The first-order valence-corrected chi connectivity index (χ1v) is 7.24.